The molecular weight excluding hydrogens is 314 g/mol. The summed E-state index contributed by atoms with van der Waals surface area (Å²) in [5.74, 6) is -0.200. The van der Waals surface area contributed by atoms with Gasteiger partial charge in [0.2, 0.25) is 0 Å². The van der Waals surface area contributed by atoms with Gasteiger partial charge >= 0.3 is 0 Å². The fraction of sp³-hybridized carbons (Fsp3) is 0.462. The van der Waals surface area contributed by atoms with Gasteiger partial charge in [-0.1, -0.05) is 22.4 Å². The maximum Gasteiger partial charge on any atom is 0.255 e. The summed E-state index contributed by atoms with van der Waals surface area (Å²) in [5, 5.41) is 12.6. The van der Waals surface area contributed by atoms with Crippen molar-refractivity contribution >= 4 is 33.6 Å². The van der Waals surface area contributed by atoms with Gasteiger partial charge in [0.15, 0.2) is 0 Å². The molecule has 1 amide bonds. The molecule has 0 aliphatic heterocycles. The van der Waals surface area contributed by atoms with E-state index in [1.165, 1.54) is 12.5 Å². The number of phenolic OH excluding ortho intramolecular Hbond substituents is 1. The molecule has 0 atom stereocenters. The Kier molecular flexibility index (Phi) is 4.22. The molecule has 1 saturated carbocycles. The van der Waals surface area contributed by atoms with Gasteiger partial charge in [-0.05, 0) is 37.3 Å². The second-order valence-electron chi connectivity index (χ2n) is 4.58. The largest absolute Gasteiger partial charge is 0.507 e. The van der Waals surface area contributed by atoms with Gasteiger partial charge in [0.25, 0.3) is 5.91 Å². The van der Waals surface area contributed by atoms with Crippen molar-refractivity contribution in [3.63, 3.8) is 0 Å². The predicted molar refractivity (Wildman–Crippen MR) is 78.2 cm³/mol. The number of halogens is 1. The highest BCUT2D eigenvalue weighted by Gasteiger charge is 2.36. The number of carbonyl (C=O) groups is 1. The van der Waals surface area contributed by atoms with Crippen molar-refractivity contribution in [2.24, 2.45) is 0 Å². The summed E-state index contributed by atoms with van der Waals surface area (Å²) >= 11 is 5.07. The minimum Gasteiger partial charge on any atom is -0.507 e. The van der Waals surface area contributed by atoms with Crippen molar-refractivity contribution in [3.05, 3.63) is 28.2 Å². The third-order valence-corrected chi connectivity index (χ3v) is 5.39. The van der Waals surface area contributed by atoms with Gasteiger partial charge in [-0.25, -0.2) is 0 Å². The molecule has 1 aliphatic carbocycles. The molecule has 0 aromatic heterocycles. The van der Waals surface area contributed by atoms with E-state index in [0.717, 1.165) is 17.3 Å². The molecule has 0 heterocycles. The smallest absolute Gasteiger partial charge is 0.255 e. The van der Waals surface area contributed by atoms with E-state index in [4.69, 9.17) is 0 Å². The summed E-state index contributed by atoms with van der Waals surface area (Å²) in [6.07, 6.45) is 5.63. The van der Waals surface area contributed by atoms with E-state index < -0.39 is 0 Å². The minimum absolute atomic E-state index is 0.00804. The van der Waals surface area contributed by atoms with E-state index in [2.05, 4.69) is 27.5 Å². The maximum absolute atomic E-state index is 12.0. The molecule has 5 heteroatoms. The number of hydrogen-bond donors (Lipinski definition) is 2. The Morgan fingerprint density at radius 2 is 2.28 bits per heavy atom. The van der Waals surface area contributed by atoms with Crippen LogP contribution in [0.2, 0.25) is 0 Å². The number of carbonyl (C=O) groups excluding carboxylic acids is 1. The van der Waals surface area contributed by atoms with Crippen LogP contribution in [0.3, 0.4) is 0 Å². The van der Waals surface area contributed by atoms with Gasteiger partial charge in [-0.15, -0.1) is 0 Å². The summed E-state index contributed by atoms with van der Waals surface area (Å²) in [6, 6.07) is 4.91. The van der Waals surface area contributed by atoms with Crippen molar-refractivity contribution in [2.45, 2.75) is 24.0 Å². The third kappa shape index (κ3) is 2.83. The quantitative estimate of drug-likeness (QED) is 0.891. The molecule has 1 aliphatic rings. The Bertz CT molecular complexity index is 455. The number of benzene rings is 1. The van der Waals surface area contributed by atoms with Crippen molar-refractivity contribution in [2.75, 3.05) is 12.8 Å². The van der Waals surface area contributed by atoms with Crippen LogP contribution >= 0.6 is 27.7 Å². The van der Waals surface area contributed by atoms with Crippen molar-refractivity contribution in [3.8, 4) is 5.75 Å². The molecular formula is C13H16BrNO2S. The van der Waals surface area contributed by atoms with Gasteiger partial charge in [-0.2, -0.15) is 11.8 Å². The summed E-state index contributed by atoms with van der Waals surface area (Å²) in [5.41, 5.74) is 0.328. The van der Waals surface area contributed by atoms with E-state index in [-0.39, 0.29) is 16.4 Å². The first-order chi connectivity index (χ1) is 8.56. The van der Waals surface area contributed by atoms with Crippen LogP contribution in [-0.4, -0.2) is 28.6 Å². The molecule has 2 rings (SSSR count). The number of nitrogens with one attached hydrogen (secondary N) is 1. The van der Waals surface area contributed by atoms with Crippen molar-refractivity contribution in [1.29, 1.82) is 0 Å². The summed E-state index contributed by atoms with van der Waals surface area (Å²) in [7, 11) is 0. The molecule has 98 valence electrons. The van der Waals surface area contributed by atoms with Crippen LogP contribution in [0.25, 0.3) is 0 Å². The fourth-order valence-electron chi connectivity index (χ4n) is 2.06. The van der Waals surface area contributed by atoms with E-state index >= 15 is 0 Å². The number of amides is 1. The lowest BCUT2D eigenvalue weighted by Crippen LogP contribution is -2.45. The molecule has 1 fully saturated rings. The van der Waals surface area contributed by atoms with Crippen LogP contribution in [0.4, 0.5) is 0 Å². The fourth-order valence-corrected chi connectivity index (χ4v) is 3.32. The lowest BCUT2D eigenvalue weighted by atomic mass is 9.84. The first-order valence-electron chi connectivity index (χ1n) is 5.88. The lowest BCUT2D eigenvalue weighted by molar-refractivity contribution is 0.0941. The van der Waals surface area contributed by atoms with E-state index in [0.29, 0.717) is 12.1 Å². The highest BCUT2D eigenvalue weighted by Crippen LogP contribution is 2.42. The summed E-state index contributed by atoms with van der Waals surface area (Å²) in [4.78, 5) is 12.0. The standard InChI is InChI=1S/C13H16BrNO2S/c1-18-13(5-2-6-13)8-15-12(17)10-4-3-9(14)7-11(10)16/h3-4,7,16H,2,5-6,8H2,1H3,(H,15,17). The summed E-state index contributed by atoms with van der Waals surface area (Å²) < 4.78 is 0.969. The summed E-state index contributed by atoms with van der Waals surface area (Å²) in [6.45, 7) is 0.669. The number of thioether (sulfide) groups is 1. The maximum atomic E-state index is 12.0. The zero-order valence-corrected chi connectivity index (χ0v) is 12.6. The van der Waals surface area contributed by atoms with Gasteiger partial charge in [0.05, 0.1) is 5.56 Å². The van der Waals surface area contributed by atoms with Crippen LogP contribution in [0, 0.1) is 0 Å². The molecule has 1 aromatic rings. The highest BCUT2D eigenvalue weighted by atomic mass is 79.9. The Morgan fingerprint density at radius 1 is 1.56 bits per heavy atom. The first kappa shape index (κ1) is 13.7. The van der Waals surface area contributed by atoms with Crippen LogP contribution < -0.4 is 5.32 Å². The van der Waals surface area contributed by atoms with Crippen LogP contribution in [0.5, 0.6) is 5.75 Å². The molecule has 1 aromatic carbocycles. The topological polar surface area (TPSA) is 49.3 Å². The van der Waals surface area contributed by atoms with Crippen molar-refractivity contribution < 1.29 is 9.90 Å². The van der Waals surface area contributed by atoms with Crippen LogP contribution in [-0.2, 0) is 0 Å². The van der Waals surface area contributed by atoms with Gasteiger partial charge < -0.3 is 10.4 Å². The normalized spacial score (nSPS) is 17.0. The zero-order chi connectivity index (χ0) is 13.2. The minimum atomic E-state index is -0.208. The molecule has 2 N–H and O–H groups in total. The average molecular weight is 330 g/mol. The molecule has 0 spiro atoms. The molecule has 0 saturated heterocycles. The average Bonchev–Trinajstić information content (AvgIpc) is 2.27. The van der Waals surface area contributed by atoms with Gasteiger partial charge in [-0.3, -0.25) is 4.79 Å². The monoisotopic (exact) mass is 329 g/mol. The molecule has 0 radical (unpaired) electrons. The highest BCUT2D eigenvalue weighted by molar-refractivity contribution is 9.10. The Balaban J connectivity index is 1.99. The molecule has 0 unspecified atom stereocenters. The van der Waals surface area contributed by atoms with E-state index in [1.807, 2.05) is 11.8 Å². The second kappa shape index (κ2) is 5.53. The Labute approximate surface area is 119 Å². The molecule has 0 bridgehead atoms. The number of aromatic hydroxyl groups is 1. The number of hydrogen-bond acceptors (Lipinski definition) is 3. The number of phenols is 1. The second-order valence-corrected chi connectivity index (χ2v) is 6.77. The predicted octanol–water partition coefficient (Wildman–Crippen LogP) is 3.17. The van der Waals surface area contributed by atoms with Gasteiger partial charge in [0.1, 0.15) is 5.75 Å². The van der Waals surface area contributed by atoms with Crippen LogP contribution in [0.1, 0.15) is 29.6 Å². The number of rotatable bonds is 4. The third-order valence-electron chi connectivity index (χ3n) is 3.47. The Morgan fingerprint density at radius 3 is 2.78 bits per heavy atom. The first-order valence-corrected chi connectivity index (χ1v) is 7.90. The van der Waals surface area contributed by atoms with E-state index in [1.54, 1.807) is 12.1 Å². The van der Waals surface area contributed by atoms with E-state index in [9.17, 15) is 9.90 Å². The van der Waals surface area contributed by atoms with Crippen LogP contribution in [0.15, 0.2) is 22.7 Å². The van der Waals surface area contributed by atoms with Crippen molar-refractivity contribution in [1.82, 2.24) is 5.32 Å². The van der Waals surface area contributed by atoms with Gasteiger partial charge in [0, 0.05) is 15.8 Å². The lowest BCUT2D eigenvalue weighted by Gasteiger charge is -2.40. The SMILES string of the molecule is CSC1(CNC(=O)c2ccc(Br)cc2O)CCC1. The molecule has 18 heavy (non-hydrogen) atoms. The molecule has 3 nitrogen and oxygen atoms in total. The Hall–Kier alpha value is -0.680. The zero-order valence-electron chi connectivity index (χ0n) is 10.2.